The van der Waals surface area contributed by atoms with Crippen molar-refractivity contribution in [2.45, 2.75) is 78.1 Å². The van der Waals surface area contributed by atoms with Crippen molar-refractivity contribution >= 4 is 8.32 Å². The summed E-state index contributed by atoms with van der Waals surface area (Å²) in [4.78, 5) is 0. The third-order valence-electron chi connectivity index (χ3n) is 5.61. The standard InChI is InChI=1S/C17H34O2Si/c1-13-9-10-15(17(5,6)14(13)11-12-18)19-20(7,8)16(2,3)4/h14-15,18H,1,9-12H2,2-8H3/t14-,15?/m1/s1. The summed E-state index contributed by atoms with van der Waals surface area (Å²) < 4.78 is 6.70. The van der Waals surface area contributed by atoms with Gasteiger partial charge in [-0.05, 0) is 48.7 Å². The maximum atomic E-state index is 9.34. The number of rotatable bonds is 4. The molecule has 3 heteroatoms. The first-order valence-corrected chi connectivity index (χ1v) is 10.8. The Kier molecular flexibility index (Phi) is 5.32. The highest BCUT2D eigenvalue weighted by Gasteiger charge is 2.47. The van der Waals surface area contributed by atoms with E-state index < -0.39 is 8.32 Å². The van der Waals surface area contributed by atoms with Crippen LogP contribution in [0.3, 0.4) is 0 Å². The van der Waals surface area contributed by atoms with Gasteiger partial charge in [0.2, 0.25) is 0 Å². The lowest BCUT2D eigenvalue weighted by molar-refractivity contribution is -0.00434. The van der Waals surface area contributed by atoms with E-state index in [9.17, 15) is 5.11 Å². The molecule has 1 rings (SSSR count). The molecule has 118 valence electrons. The topological polar surface area (TPSA) is 29.5 Å². The molecule has 0 aromatic heterocycles. The summed E-state index contributed by atoms with van der Waals surface area (Å²) in [5, 5.41) is 9.58. The van der Waals surface area contributed by atoms with Crippen LogP contribution in [0.5, 0.6) is 0 Å². The lowest BCUT2D eigenvalue weighted by Gasteiger charge is -2.50. The molecule has 0 heterocycles. The van der Waals surface area contributed by atoms with Gasteiger partial charge < -0.3 is 9.53 Å². The van der Waals surface area contributed by atoms with Crippen LogP contribution in [0.4, 0.5) is 0 Å². The van der Waals surface area contributed by atoms with E-state index in [1.54, 1.807) is 0 Å². The van der Waals surface area contributed by atoms with Gasteiger partial charge >= 0.3 is 0 Å². The third kappa shape index (κ3) is 3.55. The lowest BCUT2D eigenvalue weighted by atomic mass is 9.64. The van der Waals surface area contributed by atoms with Crippen LogP contribution in [-0.4, -0.2) is 26.1 Å². The van der Waals surface area contributed by atoms with E-state index in [4.69, 9.17) is 4.43 Å². The highest BCUT2D eigenvalue weighted by molar-refractivity contribution is 6.74. The van der Waals surface area contributed by atoms with Crippen LogP contribution in [0.2, 0.25) is 18.1 Å². The number of hydrogen-bond donors (Lipinski definition) is 1. The number of hydrogen-bond acceptors (Lipinski definition) is 2. The quantitative estimate of drug-likeness (QED) is 0.599. The van der Waals surface area contributed by atoms with E-state index in [0.717, 1.165) is 19.3 Å². The first-order valence-electron chi connectivity index (χ1n) is 7.90. The first-order chi connectivity index (χ1) is 8.93. The smallest absolute Gasteiger partial charge is 0.192 e. The van der Waals surface area contributed by atoms with E-state index in [0.29, 0.717) is 5.92 Å². The van der Waals surface area contributed by atoms with Crippen LogP contribution in [0.1, 0.15) is 53.9 Å². The number of aliphatic hydroxyl groups is 1. The summed E-state index contributed by atoms with van der Waals surface area (Å²) in [5.41, 5.74) is 1.35. The average molecular weight is 299 g/mol. The van der Waals surface area contributed by atoms with Crippen LogP contribution in [0.25, 0.3) is 0 Å². The summed E-state index contributed by atoms with van der Waals surface area (Å²) >= 11 is 0. The molecule has 0 radical (unpaired) electrons. The van der Waals surface area contributed by atoms with Gasteiger partial charge in [0.25, 0.3) is 0 Å². The fourth-order valence-electron chi connectivity index (χ4n) is 3.06. The van der Waals surface area contributed by atoms with E-state index >= 15 is 0 Å². The van der Waals surface area contributed by atoms with E-state index in [-0.39, 0.29) is 23.2 Å². The zero-order chi connectivity index (χ0) is 15.8. The van der Waals surface area contributed by atoms with Gasteiger partial charge in [-0.1, -0.05) is 46.8 Å². The Balaban J connectivity index is 2.93. The van der Waals surface area contributed by atoms with Crippen molar-refractivity contribution in [3.8, 4) is 0 Å². The third-order valence-corrected chi connectivity index (χ3v) is 10.1. The Hall–Kier alpha value is -0.123. The number of allylic oxidation sites excluding steroid dienone is 1. The normalized spacial score (nSPS) is 27.7. The average Bonchev–Trinajstić information content (AvgIpc) is 2.27. The minimum absolute atomic E-state index is 0.0631. The van der Waals surface area contributed by atoms with Crippen molar-refractivity contribution in [2.75, 3.05) is 6.61 Å². The second kappa shape index (κ2) is 5.94. The molecule has 20 heavy (non-hydrogen) atoms. The van der Waals surface area contributed by atoms with Gasteiger partial charge in [-0.3, -0.25) is 0 Å². The second-order valence-electron chi connectivity index (χ2n) is 8.45. The Bertz CT molecular complexity index is 352. The molecule has 0 aromatic carbocycles. The molecule has 1 N–H and O–H groups in total. The molecule has 1 aliphatic carbocycles. The summed E-state index contributed by atoms with van der Waals surface area (Å²) in [6, 6.07) is 0. The molecule has 2 atom stereocenters. The summed E-state index contributed by atoms with van der Waals surface area (Å²) in [6.07, 6.45) is 3.20. The van der Waals surface area contributed by atoms with Crippen molar-refractivity contribution in [1.29, 1.82) is 0 Å². The minimum Gasteiger partial charge on any atom is -0.413 e. The van der Waals surface area contributed by atoms with Gasteiger partial charge in [0.05, 0.1) is 6.10 Å². The lowest BCUT2D eigenvalue weighted by Crippen LogP contribution is -2.51. The molecule has 0 aromatic rings. The van der Waals surface area contributed by atoms with E-state index in [1.165, 1.54) is 5.57 Å². The summed E-state index contributed by atoms with van der Waals surface area (Å²) in [7, 11) is -1.75. The molecule has 1 unspecified atom stereocenters. The van der Waals surface area contributed by atoms with Gasteiger partial charge in [0, 0.05) is 6.61 Å². The second-order valence-corrected chi connectivity index (χ2v) is 13.2. The summed E-state index contributed by atoms with van der Waals surface area (Å²) in [5.74, 6) is 0.371. The first kappa shape index (κ1) is 17.9. The van der Waals surface area contributed by atoms with Crippen molar-refractivity contribution in [1.82, 2.24) is 0 Å². The van der Waals surface area contributed by atoms with Crippen LogP contribution < -0.4 is 0 Å². The number of aliphatic hydroxyl groups excluding tert-OH is 1. The predicted molar refractivity (Wildman–Crippen MR) is 89.4 cm³/mol. The largest absolute Gasteiger partial charge is 0.413 e. The Morgan fingerprint density at radius 3 is 2.35 bits per heavy atom. The van der Waals surface area contributed by atoms with Gasteiger partial charge in [0.1, 0.15) is 0 Å². The Labute approximate surface area is 126 Å². The molecule has 0 aliphatic heterocycles. The molecule has 1 saturated carbocycles. The maximum absolute atomic E-state index is 9.34. The van der Waals surface area contributed by atoms with Crippen LogP contribution >= 0.6 is 0 Å². The fourth-order valence-corrected chi connectivity index (χ4v) is 4.55. The van der Waals surface area contributed by atoms with Gasteiger partial charge in [-0.2, -0.15) is 0 Å². The molecule has 1 fully saturated rings. The maximum Gasteiger partial charge on any atom is 0.192 e. The molecular formula is C17H34O2Si. The highest BCUT2D eigenvalue weighted by atomic mass is 28.4. The fraction of sp³-hybridized carbons (Fsp3) is 0.882. The highest BCUT2D eigenvalue weighted by Crippen LogP contribution is 2.49. The van der Waals surface area contributed by atoms with Crippen molar-refractivity contribution in [3.05, 3.63) is 12.2 Å². The minimum atomic E-state index is -1.75. The SMILES string of the molecule is C=C1CCC(O[Si](C)(C)C(C)(C)C)C(C)(C)[C@@H]1CCO. The van der Waals surface area contributed by atoms with E-state index in [2.05, 4.69) is 54.3 Å². The zero-order valence-electron chi connectivity index (χ0n) is 14.5. The van der Waals surface area contributed by atoms with Gasteiger partial charge in [-0.15, -0.1) is 0 Å². The van der Waals surface area contributed by atoms with E-state index in [1.807, 2.05) is 0 Å². The van der Waals surface area contributed by atoms with Gasteiger partial charge in [0.15, 0.2) is 8.32 Å². The molecular weight excluding hydrogens is 264 g/mol. The Morgan fingerprint density at radius 1 is 1.35 bits per heavy atom. The Morgan fingerprint density at radius 2 is 1.90 bits per heavy atom. The van der Waals surface area contributed by atoms with Crippen LogP contribution in [-0.2, 0) is 4.43 Å². The van der Waals surface area contributed by atoms with Crippen LogP contribution in [0, 0.1) is 11.3 Å². The van der Waals surface area contributed by atoms with Crippen molar-refractivity contribution in [3.63, 3.8) is 0 Å². The molecule has 2 nitrogen and oxygen atoms in total. The van der Waals surface area contributed by atoms with Gasteiger partial charge in [-0.25, -0.2) is 0 Å². The van der Waals surface area contributed by atoms with Crippen LogP contribution in [0.15, 0.2) is 12.2 Å². The monoisotopic (exact) mass is 298 g/mol. The summed E-state index contributed by atoms with van der Waals surface area (Å²) in [6.45, 7) is 20.6. The van der Waals surface area contributed by atoms with Crippen molar-refractivity contribution in [2.24, 2.45) is 11.3 Å². The van der Waals surface area contributed by atoms with Crippen molar-refractivity contribution < 1.29 is 9.53 Å². The predicted octanol–water partition coefficient (Wildman–Crippen LogP) is 4.75. The molecule has 0 bridgehead atoms. The molecule has 1 aliphatic rings. The molecule has 0 spiro atoms. The zero-order valence-corrected chi connectivity index (χ0v) is 15.5. The molecule has 0 amide bonds. The molecule has 0 saturated heterocycles.